The smallest absolute Gasteiger partial charge is 0.370 e. The van der Waals surface area contributed by atoms with Gasteiger partial charge in [-0.25, -0.2) is 4.98 Å². The summed E-state index contributed by atoms with van der Waals surface area (Å²) >= 11 is 0. The largest absolute Gasteiger partial charge is 0.417 e. The predicted octanol–water partition coefficient (Wildman–Crippen LogP) is 3.19. The minimum atomic E-state index is -4.36. The van der Waals surface area contributed by atoms with E-state index >= 15 is 0 Å². The van der Waals surface area contributed by atoms with Crippen LogP contribution in [0.15, 0.2) is 47.8 Å². The fourth-order valence-electron chi connectivity index (χ4n) is 2.22. The van der Waals surface area contributed by atoms with Crippen molar-refractivity contribution in [3.63, 3.8) is 0 Å². The van der Waals surface area contributed by atoms with E-state index in [1.165, 1.54) is 6.07 Å². The van der Waals surface area contributed by atoms with Gasteiger partial charge in [-0.05, 0) is 30.7 Å². The summed E-state index contributed by atoms with van der Waals surface area (Å²) in [6.07, 6.45) is 1.23. The highest BCUT2D eigenvalue weighted by Crippen LogP contribution is 2.28. The van der Waals surface area contributed by atoms with Gasteiger partial charge in [-0.3, -0.25) is 4.99 Å². The minimum absolute atomic E-state index is 0. The SMILES string of the molecule is CN=C(NCCCNc1ccc(C(F)(F)F)cn1)NCCn1cccc1.I. The molecule has 0 fully saturated rings. The third-order valence-corrected chi connectivity index (χ3v) is 3.60. The summed E-state index contributed by atoms with van der Waals surface area (Å²) in [5, 5.41) is 9.40. The standard InChI is InChI=1S/C17H23F3N6.HI/c1-21-16(24-9-12-26-10-2-3-11-26)23-8-4-7-22-15-6-5-14(13-25-15)17(18,19)20;/h2-3,5-6,10-11,13H,4,7-9,12H2,1H3,(H,22,25)(H2,21,23,24);1H. The van der Waals surface area contributed by atoms with E-state index in [-0.39, 0.29) is 24.0 Å². The van der Waals surface area contributed by atoms with E-state index in [1.54, 1.807) is 7.05 Å². The van der Waals surface area contributed by atoms with Gasteiger partial charge in [-0.1, -0.05) is 0 Å². The van der Waals surface area contributed by atoms with Crippen LogP contribution in [0.2, 0.25) is 0 Å². The van der Waals surface area contributed by atoms with Gasteiger partial charge in [-0.15, -0.1) is 24.0 Å². The van der Waals surface area contributed by atoms with E-state index in [2.05, 4.69) is 30.5 Å². The Morgan fingerprint density at radius 1 is 1.11 bits per heavy atom. The number of halogens is 4. The molecular weight excluding hydrogens is 472 g/mol. The quantitative estimate of drug-likeness (QED) is 0.228. The van der Waals surface area contributed by atoms with Crippen LogP contribution in [-0.4, -0.2) is 42.2 Å². The molecule has 0 aliphatic heterocycles. The fraction of sp³-hybridized carbons (Fsp3) is 0.412. The van der Waals surface area contributed by atoms with E-state index < -0.39 is 11.7 Å². The lowest BCUT2D eigenvalue weighted by atomic mass is 10.3. The van der Waals surface area contributed by atoms with E-state index in [0.29, 0.717) is 24.9 Å². The lowest BCUT2D eigenvalue weighted by molar-refractivity contribution is -0.137. The number of hydrogen-bond donors (Lipinski definition) is 3. The Morgan fingerprint density at radius 3 is 2.41 bits per heavy atom. The zero-order valence-electron chi connectivity index (χ0n) is 15.0. The van der Waals surface area contributed by atoms with E-state index in [0.717, 1.165) is 31.8 Å². The van der Waals surface area contributed by atoms with Gasteiger partial charge in [0.25, 0.3) is 0 Å². The van der Waals surface area contributed by atoms with E-state index in [4.69, 9.17) is 0 Å². The van der Waals surface area contributed by atoms with Crippen LogP contribution in [0.4, 0.5) is 19.0 Å². The molecule has 2 heterocycles. The number of aliphatic imine (C=N–C) groups is 1. The first-order valence-electron chi connectivity index (χ1n) is 8.31. The zero-order valence-corrected chi connectivity index (χ0v) is 17.3. The maximum Gasteiger partial charge on any atom is 0.417 e. The van der Waals surface area contributed by atoms with Crippen molar-refractivity contribution in [3.05, 3.63) is 48.4 Å². The van der Waals surface area contributed by atoms with Crippen LogP contribution < -0.4 is 16.0 Å². The van der Waals surface area contributed by atoms with Gasteiger partial charge in [0, 0.05) is 51.8 Å². The first kappa shape index (κ1) is 23.1. The maximum absolute atomic E-state index is 12.5. The molecule has 27 heavy (non-hydrogen) atoms. The molecule has 3 N–H and O–H groups in total. The summed E-state index contributed by atoms with van der Waals surface area (Å²) in [7, 11) is 1.70. The average Bonchev–Trinajstić information content (AvgIpc) is 3.13. The van der Waals surface area contributed by atoms with Crippen LogP contribution in [0.3, 0.4) is 0 Å². The number of anilines is 1. The predicted molar refractivity (Wildman–Crippen MR) is 112 cm³/mol. The molecule has 2 rings (SSSR count). The number of nitrogens with one attached hydrogen (secondary N) is 3. The van der Waals surface area contributed by atoms with Crippen molar-refractivity contribution < 1.29 is 13.2 Å². The number of pyridine rings is 1. The maximum atomic E-state index is 12.5. The summed E-state index contributed by atoms with van der Waals surface area (Å²) in [5.41, 5.74) is -0.750. The average molecular weight is 496 g/mol. The lowest BCUT2D eigenvalue weighted by Gasteiger charge is -2.13. The summed E-state index contributed by atoms with van der Waals surface area (Å²) in [4.78, 5) is 7.91. The Balaban J connectivity index is 0.00000364. The molecular formula is C17H24F3IN6. The molecule has 0 aromatic carbocycles. The third kappa shape index (κ3) is 8.50. The topological polar surface area (TPSA) is 66.3 Å². The molecule has 10 heteroatoms. The summed E-state index contributed by atoms with van der Waals surface area (Å²) in [5.74, 6) is 1.14. The van der Waals surface area contributed by atoms with Crippen LogP contribution >= 0.6 is 24.0 Å². The fourth-order valence-corrected chi connectivity index (χ4v) is 2.22. The van der Waals surface area contributed by atoms with Gasteiger partial charge < -0.3 is 20.5 Å². The molecule has 0 bridgehead atoms. The normalized spacial score (nSPS) is 11.6. The molecule has 150 valence electrons. The number of hydrogen-bond acceptors (Lipinski definition) is 3. The molecule has 0 atom stereocenters. The minimum Gasteiger partial charge on any atom is -0.370 e. The van der Waals surface area contributed by atoms with Crippen LogP contribution in [0.25, 0.3) is 0 Å². The third-order valence-electron chi connectivity index (χ3n) is 3.60. The highest BCUT2D eigenvalue weighted by molar-refractivity contribution is 14.0. The second-order valence-electron chi connectivity index (χ2n) is 5.56. The van der Waals surface area contributed by atoms with Crippen LogP contribution in [0.1, 0.15) is 12.0 Å². The Hall–Kier alpha value is -1.98. The molecule has 0 radical (unpaired) electrons. The molecule has 0 saturated carbocycles. The second kappa shape index (κ2) is 11.7. The van der Waals surface area contributed by atoms with Crippen LogP contribution in [-0.2, 0) is 12.7 Å². The van der Waals surface area contributed by atoms with Crippen molar-refractivity contribution >= 4 is 35.8 Å². The summed E-state index contributed by atoms with van der Waals surface area (Å²) < 4.78 is 39.5. The molecule has 0 spiro atoms. The second-order valence-corrected chi connectivity index (χ2v) is 5.56. The first-order valence-corrected chi connectivity index (χ1v) is 8.31. The van der Waals surface area contributed by atoms with Gasteiger partial charge in [-0.2, -0.15) is 13.2 Å². The molecule has 0 amide bonds. The zero-order chi connectivity index (χ0) is 18.8. The number of nitrogens with zero attached hydrogens (tertiary/aromatic N) is 3. The molecule has 0 saturated heterocycles. The van der Waals surface area contributed by atoms with Gasteiger partial charge >= 0.3 is 6.18 Å². The molecule has 6 nitrogen and oxygen atoms in total. The first-order chi connectivity index (χ1) is 12.5. The summed E-state index contributed by atoms with van der Waals surface area (Å²) in [6, 6.07) is 6.30. The highest BCUT2D eigenvalue weighted by Gasteiger charge is 2.30. The monoisotopic (exact) mass is 496 g/mol. The molecule has 2 aromatic heterocycles. The lowest BCUT2D eigenvalue weighted by Crippen LogP contribution is -2.39. The van der Waals surface area contributed by atoms with Crippen LogP contribution in [0.5, 0.6) is 0 Å². The Bertz CT molecular complexity index is 671. The molecule has 0 aliphatic carbocycles. The molecule has 2 aromatic rings. The Morgan fingerprint density at radius 2 is 1.81 bits per heavy atom. The van der Waals surface area contributed by atoms with Crippen molar-refractivity contribution in [2.75, 3.05) is 32.0 Å². The van der Waals surface area contributed by atoms with Crippen LogP contribution in [0, 0.1) is 0 Å². The van der Waals surface area contributed by atoms with Crippen molar-refractivity contribution in [2.24, 2.45) is 4.99 Å². The van der Waals surface area contributed by atoms with E-state index in [1.807, 2.05) is 24.5 Å². The molecule has 0 unspecified atom stereocenters. The summed E-state index contributed by atoms with van der Waals surface area (Å²) in [6.45, 7) is 2.86. The van der Waals surface area contributed by atoms with Crippen molar-refractivity contribution in [1.82, 2.24) is 20.2 Å². The van der Waals surface area contributed by atoms with Gasteiger partial charge in [0.1, 0.15) is 5.82 Å². The van der Waals surface area contributed by atoms with Crippen molar-refractivity contribution in [2.45, 2.75) is 19.1 Å². The van der Waals surface area contributed by atoms with Crippen molar-refractivity contribution in [3.8, 4) is 0 Å². The van der Waals surface area contributed by atoms with Gasteiger partial charge in [0.2, 0.25) is 0 Å². The highest BCUT2D eigenvalue weighted by atomic mass is 127. The Labute approximate surface area is 173 Å². The van der Waals surface area contributed by atoms with Gasteiger partial charge in [0.05, 0.1) is 5.56 Å². The van der Waals surface area contributed by atoms with E-state index in [9.17, 15) is 13.2 Å². The van der Waals surface area contributed by atoms with Gasteiger partial charge in [0.15, 0.2) is 5.96 Å². The van der Waals surface area contributed by atoms with Crippen molar-refractivity contribution in [1.29, 1.82) is 0 Å². The Kier molecular flexibility index (Phi) is 9.97. The number of aromatic nitrogens is 2. The number of guanidine groups is 1. The molecule has 0 aliphatic rings. The number of rotatable bonds is 8. The number of alkyl halides is 3.